The first-order valence-electron chi connectivity index (χ1n) is 6.89. The summed E-state index contributed by atoms with van der Waals surface area (Å²) in [5.74, 6) is -1.12. The van der Waals surface area contributed by atoms with Crippen molar-refractivity contribution in [1.82, 2.24) is 0 Å². The van der Waals surface area contributed by atoms with Crippen molar-refractivity contribution in [2.75, 3.05) is 0 Å². The van der Waals surface area contributed by atoms with Crippen molar-refractivity contribution in [3.05, 3.63) is 33.8 Å². The number of nitrogens with two attached hydrogens (primary N) is 1. The quantitative estimate of drug-likeness (QED) is 0.702. The normalized spacial score (nSPS) is 23.6. The molecule has 1 fully saturated rings. The molecule has 0 bridgehead atoms. The Hall–Kier alpha value is -0.480. The first-order chi connectivity index (χ1) is 8.96. The topological polar surface area (TPSA) is 26.0 Å². The van der Waals surface area contributed by atoms with Crippen molar-refractivity contribution < 1.29 is 8.78 Å². The molecule has 0 aliphatic heterocycles. The zero-order valence-corrected chi connectivity index (χ0v) is 14.1. The molecule has 1 aromatic carbocycles. The predicted molar refractivity (Wildman–Crippen MR) is 81.3 cm³/mol. The number of benzene rings is 1. The van der Waals surface area contributed by atoms with Crippen molar-refractivity contribution in [3.8, 4) is 0 Å². The monoisotopic (exact) mass is 345 g/mol. The van der Waals surface area contributed by atoms with Gasteiger partial charge in [0.05, 0.1) is 4.47 Å². The summed E-state index contributed by atoms with van der Waals surface area (Å²) < 4.78 is 28.9. The van der Waals surface area contributed by atoms with Gasteiger partial charge in [0.15, 0.2) is 0 Å². The Morgan fingerprint density at radius 1 is 1.00 bits per heavy atom. The summed E-state index contributed by atoms with van der Waals surface area (Å²) in [7, 11) is 0. The number of hydrogen-bond donors (Lipinski definition) is 1. The van der Waals surface area contributed by atoms with Crippen LogP contribution in [0.15, 0.2) is 16.6 Å². The highest BCUT2D eigenvalue weighted by Gasteiger charge is 2.48. The third-order valence-electron chi connectivity index (χ3n) is 4.09. The van der Waals surface area contributed by atoms with Crippen LogP contribution in [0.1, 0.15) is 52.5 Å². The highest BCUT2D eigenvalue weighted by atomic mass is 79.9. The van der Waals surface area contributed by atoms with E-state index in [1.807, 2.05) is 0 Å². The average Bonchev–Trinajstić information content (AvgIpc) is 2.18. The van der Waals surface area contributed by atoms with Crippen molar-refractivity contribution in [2.45, 2.75) is 52.5 Å². The summed E-state index contributed by atoms with van der Waals surface area (Å²) in [6, 6.07) is 2.67. The van der Waals surface area contributed by atoms with Crippen molar-refractivity contribution >= 4 is 15.9 Å². The van der Waals surface area contributed by atoms with Gasteiger partial charge in [-0.3, -0.25) is 0 Å². The van der Waals surface area contributed by atoms with Gasteiger partial charge in [0.2, 0.25) is 0 Å². The highest BCUT2D eigenvalue weighted by Crippen LogP contribution is 2.53. The van der Waals surface area contributed by atoms with Gasteiger partial charge < -0.3 is 5.73 Å². The molecule has 2 rings (SSSR count). The summed E-state index contributed by atoms with van der Waals surface area (Å²) in [6.45, 7) is 8.46. The molecule has 112 valence electrons. The van der Waals surface area contributed by atoms with Crippen molar-refractivity contribution in [3.63, 3.8) is 0 Å². The van der Waals surface area contributed by atoms with Crippen LogP contribution < -0.4 is 5.73 Å². The predicted octanol–water partition coefficient (Wildman–Crippen LogP) is 5.12. The summed E-state index contributed by atoms with van der Waals surface area (Å²) in [4.78, 5) is 0. The standard InChI is InChI=1S/C16H22BrF2N/c1-14(2)7-15(3,4)9-16(20,8-14)12-11(18)6-5-10(17)13(12)19/h5-6H,7-9,20H2,1-4H3. The van der Waals surface area contributed by atoms with Gasteiger partial charge in [-0.05, 0) is 58.2 Å². The van der Waals surface area contributed by atoms with Crippen LogP contribution in [-0.4, -0.2) is 0 Å². The molecule has 0 spiro atoms. The van der Waals surface area contributed by atoms with Gasteiger partial charge in [-0.15, -0.1) is 0 Å². The minimum atomic E-state index is -0.969. The molecule has 0 unspecified atom stereocenters. The zero-order valence-electron chi connectivity index (χ0n) is 12.5. The lowest BCUT2D eigenvalue weighted by Gasteiger charge is -2.50. The molecule has 0 heterocycles. The number of rotatable bonds is 1. The maximum Gasteiger partial charge on any atom is 0.145 e. The van der Waals surface area contributed by atoms with Crippen LogP contribution in [0.25, 0.3) is 0 Å². The molecule has 1 nitrogen and oxygen atoms in total. The van der Waals surface area contributed by atoms with Crippen LogP contribution in [0.5, 0.6) is 0 Å². The molecule has 1 aliphatic carbocycles. The molecule has 0 aromatic heterocycles. The molecule has 0 radical (unpaired) electrons. The molecule has 0 amide bonds. The van der Waals surface area contributed by atoms with Crippen LogP contribution >= 0.6 is 15.9 Å². The van der Waals surface area contributed by atoms with Gasteiger partial charge >= 0.3 is 0 Å². The second-order valence-electron chi connectivity index (χ2n) is 7.73. The molecule has 2 N–H and O–H groups in total. The van der Waals surface area contributed by atoms with E-state index in [4.69, 9.17) is 5.73 Å². The van der Waals surface area contributed by atoms with Gasteiger partial charge in [-0.2, -0.15) is 0 Å². The average molecular weight is 346 g/mol. The molecule has 1 saturated carbocycles. The largest absolute Gasteiger partial charge is 0.321 e. The smallest absolute Gasteiger partial charge is 0.145 e. The minimum absolute atomic E-state index is 0.0210. The first-order valence-corrected chi connectivity index (χ1v) is 7.68. The minimum Gasteiger partial charge on any atom is -0.321 e. The molecule has 1 aromatic rings. The summed E-state index contributed by atoms with van der Waals surface area (Å²) in [5.41, 5.74) is 5.47. The van der Waals surface area contributed by atoms with E-state index in [-0.39, 0.29) is 20.9 Å². The lowest BCUT2D eigenvalue weighted by atomic mass is 9.57. The van der Waals surface area contributed by atoms with Crippen LogP contribution in [0, 0.1) is 22.5 Å². The highest BCUT2D eigenvalue weighted by molar-refractivity contribution is 9.10. The molecule has 4 heteroatoms. The van der Waals surface area contributed by atoms with Crippen LogP contribution in [0.4, 0.5) is 8.78 Å². The molecular weight excluding hydrogens is 324 g/mol. The van der Waals surface area contributed by atoms with E-state index < -0.39 is 17.2 Å². The second kappa shape index (κ2) is 4.77. The summed E-state index contributed by atoms with van der Waals surface area (Å²) >= 11 is 3.13. The zero-order chi connectivity index (χ0) is 15.3. The van der Waals surface area contributed by atoms with Crippen molar-refractivity contribution in [1.29, 1.82) is 0 Å². The second-order valence-corrected chi connectivity index (χ2v) is 8.59. The molecule has 20 heavy (non-hydrogen) atoms. The SMILES string of the molecule is CC1(C)CC(C)(C)CC(N)(c2c(F)ccc(Br)c2F)C1. The van der Waals surface area contributed by atoms with Crippen molar-refractivity contribution in [2.24, 2.45) is 16.6 Å². The van der Waals surface area contributed by atoms with Gasteiger partial charge in [-0.25, -0.2) is 8.78 Å². The van der Waals surface area contributed by atoms with E-state index in [1.165, 1.54) is 12.1 Å². The van der Waals surface area contributed by atoms with Crippen LogP contribution in [0.3, 0.4) is 0 Å². The maximum absolute atomic E-state index is 14.4. The third-order valence-corrected chi connectivity index (χ3v) is 4.70. The van der Waals surface area contributed by atoms with Gasteiger partial charge in [0.25, 0.3) is 0 Å². The Balaban J connectivity index is 2.58. The Morgan fingerprint density at radius 3 is 2.00 bits per heavy atom. The van der Waals surface area contributed by atoms with E-state index in [1.54, 1.807) is 0 Å². The fourth-order valence-corrected chi connectivity index (χ4v) is 4.68. The van der Waals surface area contributed by atoms with Crippen LogP contribution in [-0.2, 0) is 5.54 Å². The molecule has 0 atom stereocenters. The van der Waals surface area contributed by atoms with E-state index in [2.05, 4.69) is 43.6 Å². The van der Waals surface area contributed by atoms with E-state index in [0.717, 1.165) is 6.42 Å². The number of hydrogen-bond acceptors (Lipinski definition) is 1. The maximum atomic E-state index is 14.4. The number of halogens is 3. The van der Waals surface area contributed by atoms with Gasteiger partial charge in [-0.1, -0.05) is 27.7 Å². The fraction of sp³-hybridized carbons (Fsp3) is 0.625. The molecular formula is C16H22BrF2N. The van der Waals surface area contributed by atoms with Gasteiger partial charge in [0.1, 0.15) is 11.6 Å². The summed E-state index contributed by atoms with van der Waals surface area (Å²) in [5, 5.41) is 0. The van der Waals surface area contributed by atoms with E-state index in [9.17, 15) is 8.78 Å². The Labute approximate surface area is 128 Å². The van der Waals surface area contributed by atoms with Gasteiger partial charge in [0, 0.05) is 11.1 Å². The Bertz CT molecular complexity index is 522. The summed E-state index contributed by atoms with van der Waals surface area (Å²) in [6.07, 6.45) is 2.15. The lowest BCUT2D eigenvalue weighted by Crippen LogP contribution is -2.50. The van der Waals surface area contributed by atoms with Crippen LogP contribution in [0.2, 0.25) is 0 Å². The lowest BCUT2D eigenvalue weighted by molar-refractivity contribution is 0.0435. The third kappa shape index (κ3) is 2.91. The van der Waals surface area contributed by atoms with E-state index in [0.29, 0.717) is 12.8 Å². The molecule has 0 saturated heterocycles. The molecule has 1 aliphatic rings. The Kier molecular flexibility index (Phi) is 3.79. The fourth-order valence-electron chi connectivity index (χ4n) is 4.35. The first kappa shape index (κ1) is 15.9. The van der Waals surface area contributed by atoms with E-state index >= 15 is 0 Å². The Morgan fingerprint density at radius 2 is 1.50 bits per heavy atom.